The maximum atomic E-state index is 11.5. The van der Waals surface area contributed by atoms with Crippen molar-refractivity contribution in [2.45, 2.75) is 13.5 Å². The second kappa shape index (κ2) is 7.10. The molecule has 2 aromatic rings. The van der Waals surface area contributed by atoms with Gasteiger partial charge in [0.1, 0.15) is 6.07 Å². The molecule has 0 saturated carbocycles. The van der Waals surface area contributed by atoms with E-state index in [0.717, 1.165) is 0 Å². The number of rotatable bonds is 7. The minimum Gasteiger partial charge on any atom is -0.338 e. The van der Waals surface area contributed by atoms with Crippen LogP contribution in [0.3, 0.4) is 0 Å². The van der Waals surface area contributed by atoms with Crippen molar-refractivity contribution < 1.29 is 13.3 Å². The van der Waals surface area contributed by atoms with Crippen molar-refractivity contribution in [1.82, 2.24) is 9.78 Å². The number of anilines is 2. The fraction of sp³-hybridized carbons (Fsp3) is 0.286. The highest BCUT2D eigenvalue weighted by atomic mass is 32.2. The molecule has 0 bridgehead atoms. The Morgan fingerprint density at radius 2 is 2.17 bits per heavy atom. The Balaban J connectivity index is 2.13. The molecule has 1 N–H and O–H groups in total. The van der Waals surface area contributed by atoms with Crippen LogP contribution in [-0.4, -0.2) is 34.6 Å². The van der Waals surface area contributed by atoms with Gasteiger partial charge in [-0.05, 0) is 6.07 Å². The highest BCUT2D eigenvalue weighted by Gasteiger charge is 2.12. The molecule has 1 aromatic heterocycles. The van der Waals surface area contributed by atoms with Gasteiger partial charge >= 0.3 is 0 Å². The number of nitrogens with one attached hydrogen (secondary N) is 1. The zero-order valence-electron chi connectivity index (χ0n) is 12.8. The van der Waals surface area contributed by atoms with Crippen molar-refractivity contribution in [3.63, 3.8) is 0 Å². The van der Waals surface area contributed by atoms with Crippen LogP contribution in [-0.2, 0) is 16.4 Å². The molecule has 24 heavy (non-hydrogen) atoms. The van der Waals surface area contributed by atoms with Crippen LogP contribution in [0.1, 0.15) is 12.5 Å². The van der Waals surface area contributed by atoms with Crippen LogP contribution >= 0.6 is 0 Å². The molecule has 0 aliphatic carbocycles. The van der Waals surface area contributed by atoms with Crippen LogP contribution in [0.4, 0.5) is 17.2 Å². The molecule has 0 saturated heterocycles. The SMILES string of the molecule is CCS(=O)(=O)CCn1ccc(Nc2ccc([N+](=O)[O-])cc2C#N)n1. The molecular weight excluding hydrogens is 334 g/mol. The first-order valence-electron chi connectivity index (χ1n) is 7.04. The van der Waals surface area contributed by atoms with Gasteiger partial charge in [0.15, 0.2) is 15.7 Å². The number of sulfone groups is 1. The third-order valence-corrected chi connectivity index (χ3v) is 4.99. The van der Waals surface area contributed by atoms with Crippen molar-refractivity contribution in [3.05, 3.63) is 46.1 Å². The Bertz CT molecular complexity index is 898. The molecule has 0 fully saturated rings. The van der Waals surface area contributed by atoms with E-state index in [1.165, 1.54) is 22.9 Å². The summed E-state index contributed by atoms with van der Waals surface area (Å²) in [4.78, 5) is 10.2. The van der Waals surface area contributed by atoms with Crippen LogP contribution in [0.15, 0.2) is 30.5 Å². The highest BCUT2D eigenvalue weighted by molar-refractivity contribution is 7.91. The number of nitrogens with zero attached hydrogens (tertiary/aromatic N) is 4. The van der Waals surface area contributed by atoms with Gasteiger partial charge in [-0.2, -0.15) is 10.4 Å². The Morgan fingerprint density at radius 1 is 1.42 bits per heavy atom. The number of aryl methyl sites for hydroxylation is 1. The van der Waals surface area contributed by atoms with E-state index in [1.54, 1.807) is 19.2 Å². The number of hydrogen-bond acceptors (Lipinski definition) is 7. The summed E-state index contributed by atoms with van der Waals surface area (Å²) >= 11 is 0. The van der Waals surface area contributed by atoms with Gasteiger partial charge in [-0.3, -0.25) is 14.8 Å². The number of nitro benzene ring substituents is 1. The smallest absolute Gasteiger partial charge is 0.270 e. The summed E-state index contributed by atoms with van der Waals surface area (Å²) in [6, 6.07) is 7.40. The van der Waals surface area contributed by atoms with Gasteiger partial charge in [0.05, 0.1) is 28.5 Å². The van der Waals surface area contributed by atoms with Crippen LogP contribution in [0.25, 0.3) is 0 Å². The average molecular weight is 349 g/mol. The third-order valence-electron chi connectivity index (χ3n) is 3.31. The van der Waals surface area contributed by atoms with Crippen molar-refractivity contribution in [1.29, 1.82) is 5.26 Å². The quantitative estimate of drug-likeness (QED) is 0.596. The number of nitriles is 1. The number of non-ortho nitro benzene ring substituents is 1. The highest BCUT2D eigenvalue weighted by Crippen LogP contribution is 2.24. The van der Waals surface area contributed by atoms with Gasteiger partial charge in [0.25, 0.3) is 5.69 Å². The molecule has 1 heterocycles. The van der Waals surface area contributed by atoms with E-state index in [2.05, 4.69) is 10.4 Å². The summed E-state index contributed by atoms with van der Waals surface area (Å²) in [5.74, 6) is 0.480. The van der Waals surface area contributed by atoms with Gasteiger partial charge in [-0.15, -0.1) is 0 Å². The molecule has 10 heteroatoms. The van der Waals surface area contributed by atoms with Gasteiger partial charge in [-0.25, -0.2) is 8.42 Å². The number of hydrogen-bond donors (Lipinski definition) is 1. The Morgan fingerprint density at radius 3 is 2.79 bits per heavy atom. The van der Waals surface area contributed by atoms with E-state index in [9.17, 15) is 18.5 Å². The lowest BCUT2D eigenvalue weighted by Crippen LogP contribution is -2.15. The monoisotopic (exact) mass is 349 g/mol. The topological polar surface area (TPSA) is 131 Å². The standard InChI is InChI=1S/C14H15N5O4S/c1-2-24(22,23)8-7-18-6-5-14(17-18)16-13-4-3-12(19(20)21)9-11(13)10-15/h3-6,9H,2,7-8H2,1H3,(H,16,17). The summed E-state index contributed by atoms with van der Waals surface area (Å²) in [5.41, 5.74) is 0.328. The summed E-state index contributed by atoms with van der Waals surface area (Å²) in [6.07, 6.45) is 1.62. The van der Waals surface area contributed by atoms with E-state index in [4.69, 9.17) is 5.26 Å². The van der Waals surface area contributed by atoms with Crippen LogP contribution < -0.4 is 5.32 Å². The summed E-state index contributed by atoms with van der Waals surface area (Å²) in [7, 11) is -3.08. The third kappa shape index (κ3) is 4.30. The van der Waals surface area contributed by atoms with Gasteiger partial charge in [0, 0.05) is 30.1 Å². The minimum absolute atomic E-state index is 0.00834. The van der Waals surface area contributed by atoms with Gasteiger partial charge < -0.3 is 5.32 Å². The number of nitro groups is 1. The Labute approximate surface area is 138 Å². The van der Waals surface area contributed by atoms with E-state index >= 15 is 0 Å². The van der Waals surface area contributed by atoms with Crippen LogP contribution in [0.2, 0.25) is 0 Å². The van der Waals surface area contributed by atoms with Crippen molar-refractivity contribution in [3.8, 4) is 6.07 Å². The molecule has 2 rings (SSSR count). The molecule has 0 spiro atoms. The van der Waals surface area contributed by atoms with Crippen molar-refractivity contribution in [2.75, 3.05) is 16.8 Å². The van der Waals surface area contributed by atoms with Crippen LogP contribution in [0.5, 0.6) is 0 Å². The molecule has 0 aliphatic rings. The summed E-state index contributed by atoms with van der Waals surface area (Å²) < 4.78 is 24.5. The molecule has 0 amide bonds. The first kappa shape index (κ1) is 17.4. The first-order valence-corrected chi connectivity index (χ1v) is 8.86. The number of benzene rings is 1. The summed E-state index contributed by atoms with van der Waals surface area (Å²) in [6.45, 7) is 1.81. The molecule has 0 unspecified atom stereocenters. The second-order valence-corrected chi connectivity index (χ2v) is 7.40. The zero-order valence-corrected chi connectivity index (χ0v) is 13.7. The van der Waals surface area contributed by atoms with E-state index in [-0.39, 0.29) is 29.3 Å². The van der Waals surface area contributed by atoms with Crippen molar-refractivity contribution >= 4 is 27.0 Å². The largest absolute Gasteiger partial charge is 0.338 e. The van der Waals surface area contributed by atoms with E-state index in [0.29, 0.717) is 11.5 Å². The Kier molecular flexibility index (Phi) is 5.15. The maximum absolute atomic E-state index is 11.5. The van der Waals surface area contributed by atoms with E-state index in [1.807, 2.05) is 6.07 Å². The summed E-state index contributed by atoms with van der Waals surface area (Å²) in [5, 5.41) is 26.9. The predicted molar refractivity (Wildman–Crippen MR) is 87.6 cm³/mol. The van der Waals surface area contributed by atoms with Crippen molar-refractivity contribution in [2.24, 2.45) is 0 Å². The fourth-order valence-electron chi connectivity index (χ4n) is 1.92. The lowest BCUT2D eigenvalue weighted by molar-refractivity contribution is -0.384. The van der Waals surface area contributed by atoms with Gasteiger partial charge in [-0.1, -0.05) is 6.92 Å². The molecule has 0 atom stereocenters. The van der Waals surface area contributed by atoms with Crippen LogP contribution in [0, 0.1) is 21.4 Å². The second-order valence-electron chi connectivity index (χ2n) is 4.92. The van der Waals surface area contributed by atoms with E-state index < -0.39 is 14.8 Å². The lowest BCUT2D eigenvalue weighted by Gasteiger charge is -2.05. The lowest BCUT2D eigenvalue weighted by atomic mass is 10.1. The average Bonchev–Trinajstić information content (AvgIpc) is 3.01. The maximum Gasteiger partial charge on any atom is 0.270 e. The molecule has 0 aliphatic heterocycles. The molecule has 9 nitrogen and oxygen atoms in total. The molecule has 126 valence electrons. The normalized spacial score (nSPS) is 11.0. The van der Waals surface area contributed by atoms with Gasteiger partial charge in [0.2, 0.25) is 0 Å². The molecule has 0 radical (unpaired) electrons. The fourth-order valence-corrected chi connectivity index (χ4v) is 2.67. The molecule has 1 aromatic carbocycles. The first-order chi connectivity index (χ1) is 11.3. The Hall–Kier alpha value is -2.93. The minimum atomic E-state index is -3.08. The predicted octanol–water partition coefficient (Wildman–Crippen LogP) is 1.84. The zero-order chi connectivity index (χ0) is 17.7. The molecular formula is C14H15N5O4S. The number of aromatic nitrogens is 2.